The third kappa shape index (κ3) is 4.97. The average molecular weight is 315 g/mol. The Balaban J connectivity index is 2.00. The maximum atomic E-state index is 10.6. The summed E-state index contributed by atoms with van der Waals surface area (Å²) < 4.78 is 5.42. The molecule has 2 unspecified atom stereocenters. The molecule has 1 fully saturated rings. The van der Waals surface area contributed by atoms with E-state index in [-0.39, 0.29) is 17.4 Å². The summed E-state index contributed by atoms with van der Waals surface area (Å²) >= 11 is 5.87. The van der Waals surface area contributed by atoms with E-state index in [4.69, 9.17) is 16.3 Å². The summed E-state index contributed by atoms with van der Waals surface area (Å²) in [5, 5.41) is 13.7. The topological polar surface area (TPSA) is 80.2 Å². The van der Waals surface area contributed by atoms with Gasteiger partial charge in [0, 0.05) is 6.54 Å². The number of aliphatic hydroxyl groups is 1. The van der Waals surface area contributed by atoms with Crippen molar-refractivity contribution in [1.82, 2.24) is 15.0 Å². The molecule has 2 atom stereocenters. The Labute approximate surface area is 130 Å². The minimum absolute atomic E-state index is 0.0419. The van der Waals surface area contributed by atoms with Gasteiger partial charge >= 0.3 is 6.01 Å². The maximum absolute atomic E-state index is 10.6. The van der Waals surface area contributed by atoms with Crippen LogP contribution in [0.15, 0.2) is 0 Å². The summed E-state index contributed by atoms with van der Waals surface area (Å²) in [6.45, 7) is 6.34. The zero-order valence-electron chi connectivity index (χ0n) is 12.8. The summed E-state index contributed by atoms with van der Waals surface area (Å²) in [5.74, 6) is 0.865. The lowest BCUT2D eigenvalue weighted by Crippen LogP contribution is -2.41. The molecule has 0 spiro atoms. The Morgan fingerprint density at radius 2 is 2.19 bits per heavy atom. The van der Waals surface area contributed by atoms with Gasteiger partial charge in [0.2, 0.25) is 11.2 Å². The summed E-state index contributed by atoms with van der Waals surface area (Å²) in [4.78, 5) is 12.1. The fourth-order valence-electron chi connectivity index (χ4n) is 2.71. The van der Waals surface area contributed by atoms with E-state index in [1.54, 1.807) is 0 Å². The second-order valence-electron chi connectivity index (χ2n) is 6.16. The number of anilines is 1. The van der Waals surface area contributed by atoms with Crippen LogP contribution < -0.4 is 10.1 Å². The molecule has 2 rings (SSSR count). The summed E-state index contributed by atoms with van der Waals surface area (Å²) in [5.41, 5.74) is -0.712. The molecule has 1 aliphatic carbocycles. The van der Waals surface area contributed by atoms with Gasteiger partial charge in [0.25, 0.3) is 0 Å². The summed E-state index contributed by atoms with van der Waals surface area (Å²) in [7, 11) is 0. The monoisotopic (exact) mass is 314 g/mol. The predicted molar refractivity (Wildman–Crippen MR) is 81.7 cm³/mol. The van der Waals surface area contributed by atoms with Gasteiger partial charge in [-0.3, -0.25) is 0 Å². The van der Waals surface area contributed by atoms with Crippen molar-refractivity contribution < 1.29 is 9.84 Å². The molecule has 0 aromatic carbocycles. The Morgan fingerprint density at radius 3 is 2.86 bits per heavy atom. The van der Waals surface area contributed by atoms with Crippen LogP contribution >= 0.6 is 11.6 Å². The summed E-state index contributed by atoms with van der Waals surface area (Å²) in [6.07, 6.45) is 3.75. The first-order valence-electron chi connectivity index (χ1n) is 7.41. The molecule has 1 heterocycles. The highest BCUT2D eigenvalue weighted by molar-refractivity contribution is 6.28. The molecule has 2 N–H and O–H groups in total. The molecule has 0 amide bonds. The van der Waals surface area contributed by atoms with Crippen molar-refractivity contribution >= 4 is 17.5 Å². The molecule has 1 aromatic rings. The largest absolute Gasteiger partial charge is 0.461 e. The zero-order chi connectivity index (χ0) is 15.5. The van der Waals surface area contributed by atoms with Crippen molar-refractivity contribution in [3.8, 4) is 6.01 Å². The predicted octanol–water partition coefficient (Wildman–Crippen LogP) is 2.67. The number of nitrogens with zero attached hydrogens (tertiary/aromatic N) is 3. The van der Waals surface area contributed by atoms with Crippen LogP contribution in [0.4, 0.5) is 5.95 Å². The first-order valence-corrected chi connectivity index (χ1v) is 7.78. The second kappa shape index (κ2) is 6.75. The van der Waals surface area contributed by atoms with E-state index in [0.717, 1.165) is 19.3 Å². The third-order valence-electron chi connectivity index (χ3n) is 3.57. The number of nitrogens with one attached hydrogen (secondary N) is 1. The van der Waals surface area contributed by atoms with Gasteiger partial charge in [0.15, 0.2) is 0 Å². The van der Waals surface area contributed by atoms with E-state index in [9.17, 15) is 5.11 Å². The van der Waals surface area contributed by atoms with E-state index in [0.29, 0.717) is 18.4 Å². The quantitative estimate of drug-likeness (QED) is 0.869. The molecule has 21 heavy (non-hydrogen) atoms. The molecule has 0 bridgehead atoms. The fourth-order valence-corrected chi connectivity index (χ4v) is 2.86. The van der Waals surface area contributed by atoms with E-state index < -0.39 is 5.60 Å². The average Bonchev–Trinajstić information content (AvgIpc) is 2.35. The number of rotatable bonds is 5. The van der Waals surface area contributed by atoms with Gasteiger partial charge in [0.05, 0.1) is 11.7 Å². The standard InChI is InChI=1S/C14H23ClN4O2/c1-9(2)21-13-18-11(15)17-12(19-13)16-8-14(20)6-4-5-10(3)7-14/h9-10,20H,4-8H2,1-3H3,(H,16,17,18,19). The number of ether oxygens (including phenoxy) is 1. The summed E-state index contributed by atoms with van der Waals surface area (Å²) in [6, 6.07) is 0.191. The lowest BCUT2D eigenvalue weighted by atomic mass is 9.79. The molecule has 1 aliphatic rings. The molecule has 0 saturated heterocycles. The van der Waals surface area contributed by atoms with Crippen molar-refractivity contribution in [2.45, 2.75) is 58.2 Å². The van der Waals surface area contributed by atoms with E-state index in [2.05, 4.69) is 27.2 Å². The Kier molecular flexibility index (Phi) is 5.22. The van der Waals surface area contributed by atoms with E-state index in [1.165, 1.54) is 6.42 Å². The fraction of sp³-hybridized carbons (Fsp3) is 0.786. The van der Waals surface area contributed by atoms with Crippen molar-refractivity contribution in [1.29, 1.82) is 0 Å². The van der Waals surface area contributed by atoms with Crippen LogP contribution in [-0.2, 0) is 0 Å². The normalized spacial score (nSPS) is 25.9. The molecule has 1 saturated carbocycles. The Hall–Kier alpha value is -1.14. The number of aromatic nitrogens is 3. The first kappa shape index (κ1) is 16.2. The molecular formula is C14H23ClN4O2. The molecule has 1 aromatic heterocycles. The maximum Gasteiger partial charge on any atom is 0.322 e. The van der Waals surface area contributed by atoms with Crippen molar-refractivity contribution in [3.05, 3.63) is 5.28 Å². The highest BCUT2D eigenvalue weighted by atomic mass is 35.5. The van der Waals surface area contributed by atoms with Crippen LogP contribution in [0.25, 0.3) is 0 Å². The van der Waals surface area contributed by atoms with Gasteiger partial charge in [-0.1, -0.05) is 19.8 Å². The third-order valence-corrected chi connectivity index (χ3v) is 3.74. The Morgan fingerprint density at radius 1 is 1.43 bits per heavy atom. The number of hydrogen-bond acceptors (Lipinski definition) is 6. The zero-order valence-corrected chi connectivity index (χ0v) is 13.5. The van der Waals surface area contributed by atoms with Gasteiger partial charge in [-0.15, -0.1) is 0 Å². The highest BCUT2D eigenvalue weighted by Gasteiger charge is 2.32. The van der Waals surface area contributed by atoms with Crippen molar-refractivity contribution in [2.24, 2.45) is 5.92 Å². The molecule has 118 valence electrons. The molecule has 6 nitrogen and oxygen atoms in total. The van der Waals surface area contributed by atoms with Gasteiger partial charge < -0.3 is 15.2 Å². The van der Waals surface area contributed by atoms with Crippen LogP contribution in [0.2, 0.25) is 5.28 Å². The van der Waals surface area contributed by atoms with Gasteiger partial charge in [-0.2, -0.15) is 15.0 Å². The molecular weight excluding hydrogens is 292 g/mol. The number of halogens is 1. The lowest BCUT2D eigenvalue weighted by Gasteiger charge is -2.35. The number of hydrogen-bond donors (Lipinski definition) is 2. The first-order chi connectivity index (χ1) is 9.86. The van der Waals surface area contributed by atoms with E-state index in [1.807, 2.05) is 13.8 Å². The SMILES string of the molecule is CC1CCCC(O)(CNc2nc(Cl)nc(OC(C)C)n2)C1. The molecule has 0 aliphatic heterocycles. The van der Waals surface area contributed by atoms with Crippen LogP contribution in [0.3, 0.4) is 0 Å². The lowest BCUT2D eigenvalue weighted by molar-refractivity contribution is -0.000922. The molecule has 0 radical (unpaired) electrons. The van der Waals surface area contributed by atoms with Gasteiger partial charge in [-0.05, 0) is 44.2 Å². The highest BCUT2D eigenvalue weighted by Crippen LogP contribution is 2.32. The second-order valence-corrected chi connectivity index (χ2v) is 6.49. The van der Waals surface area contributed by atoms with Crippen molar-refractivity contribution in [2.75, 3.05) is 11.9 Å². The van der Waals surface area contributed by atoms with Crippen molar-refractivity contribution in [3.63, 3.8) is 0 Å². The van der Waals surface area contributed by atoms with Crippen LogP contribution in [0.1, 0.15) is 46.5 Å². The van der Waals surface area contributed by atoms with Crippen LogP contribution in [0.5, 0.6) is 6.01 Å². The molecule has 7 heteroatoms. The van der Waals surface area contributed by atoms with E-state index >= 15 is 0 Å². The minimum atomic E-state index is -0.712. The van der Waals surface area contributed by atoms with Gasteiger partial charge in [-0.25, -0.2) is 0 Å². The van der Waals surface area contributed by atoms with Crippen LogP contribution in [-0.4, -0.2) is 38.3 Å². The smallest absolute Gasteiger partial charge is 0.322 e. The Bertz CT molecular complexity index is 486. The van der Waals surface area contributed by atoms with Crippen LogP contribution in [0, 0.1) is 5.92 Å². The minimum Gasteiger partial charge on any atom is -0.461 e. The van der Waals surface area contributed by atoms with Gasteiger partial charge in [0.1, 0.15) is 0 Å².